The lowest BCUT2D eigenvalue weighted by molar-refractivity contribution is -0.181. The van der Waals surface area contributed by atoms with Crippen molar-refractivity contribution in [3.63, 3.8) is 0 Å². The lowest BCUT2D eigenvalue weighted by atomic mass is 10.2. The zero-order valence-corrected chi connectivity index (χ0v) is 14.2. The highest BCUT2D eigenvalue weighted by Gasteiger charge is 2.39. The molecule has 3 aromatic carbocycles. The van der Waals surface area contributed by atoms with Gasteiger partial charge in [0.05, 0.1) is 0 Å². The van der Waals surface area contributed by atoms with E-state index in [1.807, 2.05) is 24.3 Å². The molecule has 0 aliphatic rings. The summed E-state index contributed by atoms with van der Waals surface area (Å²) in [5, 5.41) is 9.64. The van der Waals surface area contributed by atoms with Gasteiger partial charge in [-0.15, -0.1) is 0 Å². The highest BCUT2D eigenvalue weighted by atomic mass is 16.7. The first kappa shape index (κ1) is 17.4. The average Bonchev–Trinajstić information content (AvgIpc) is 2.65. The predicted octanol–water partition coefficient (Wildman–Crippen LogP) is 4.74. The van der Waals surface area contributed by atoms with E-state index in [0.29, 0.717) is 17.2 Å². The van der Waals surface area contributed by atoms with Gasteiger partial charge in [-0.1, -0.05) is 48.5 Å². The quantitative estimate of drug-likeness (QED) is 0.624. The highest BCUT2D eigenvalue weighted by Crippen LogP contribution is 2.34. The van der Waals surface area contributed by atoms with Gasteiger partial charge in [-0.25, -0.2) is 4.79 Å². The van der Waals surface area contributed by atoms with Crippen LogP contribution in [0, 0.1) is 0 Å². The molecule has 0 saturated heterocycles. The highest BCUT2D eigenvalue weighted by molar-refractivity contribution is 5.76. The fraction of sp³-hybridized carbons (Fsp3) is 0.0952. The Kier molecular flexibility index (Phi) is 5.08. The summed E-state index contributed by atoms with van der Waals surface area (Å²) in [4.78, 5) is 11.8. The smallest absolute Gasteiger partial charge is 0.390 e. The topological polar surface area (TPSA) is 65.0 Å². The molecule has 0 fully saturated rings. The van der Waals surface area contributed by atoms with E-state index >= 15 is 0 Å². The molecule has 0 heterocycles. The van der Waals surface area contributed by atoms with Crippen molar-refractivity contribution in [1.82, 2.24) is 0 Å². The number of benzene rings is 3. The SMILES string of the molecule is CC(Oc1ccccc1)(Oc1ccccc1Oc1ccccc1)C(=O)O. The second-order valence-corrected chi connectivity index (χ2v) is 5.63. The molecule has 1 unspecified atom stereocenters. The van der Waals surface area contributed by atoms with Gasteiger partial charge < -0.3 is 19.3 Å². The first-order valence-corrected chi connectivity index (χ1v) is 8.05. The third-order valence-electron chi connectivity index (χ3n) is 3.57. The normalized spacial score (nSPS) is 12.7. The monoisotopic (exact) mass is 350 g/mol. The summed E-state index contributed by atoms with van der Waals surface area (Å²) in [6, 6.07) is 24.7. The number of para-hydroxylation sites is 4. The van der Waals surface area contributed by atoms with E-state index in [4.69, 9.17) is 14.2 Å². The predicted molar refractivity (Wildman–Crippen MR) is 96.7 cm³/mol. The summed E-state index contributed by atoms with van der Waals surface area (Å²) >= 11 is 0. The summed E-state index contributed by atoms with van der Waals surface area (Å²) < 4.78 is 17.1. The fourth-order valence-corrected chi connectivity index (χ4v) is 2.27. The van der Waals surface area contributed by atoms with Crippen LogP contribution in [0.4, 0.5) is 0 Å². The van der Waals surface area contributed by atoms with Crippen LogP contribution < -0.4 is 14.2 Å². The molecule has 0 aliphatic heterocycles. The van der Waals surface area contributed by atoms with Crippen molar-refractivity contribution < 1.29 is 24.1 Å². The maximum Gasteiger partial charge on any atom is 0.390 e. The Hall–Kier alpha value is -3.47. The minimum Gasteiger partial charge on any atom is -0.475 e. The number of carboxylic acids is 1. The van der Waals surface area contributed by atoms with Crippen molar-refractivity contribution in [2.75, 3.05) is 0 Å². The van der Waals surface area contributed by atoms with Crippen LogP contribution in [0.25, 0.3) is 0 Å². The summed E-state index contributed by atoms with van der Waals surface area (Å²) in [6.07, 6.45) is 0. The van der Waals surface area contributed by atoms with Gasteiger partial charge in [0.15, 0.2) is 11.5 Å². The Labute approximate surface area is 151 Å². The Morgan fingerprint density at radius 2 is 1.23 bits per heavy atom. The van der Waals surface area contributed by atoms with Crippen molar-refractivity contribution in [2.24, 2.45) is 0 Å². The molecule has 0 radical (unpaired) electrons. The van der Waals surface area contributed by atoms with Crippen LogP contribution in [-0.2, 0) is 4.79 Å². The molecule has 26 heavy (non-hydrogen) atoms. The molecule has 0 aliphatic carbocycles. The van der Waals surface area contributed by atoms with Crippen molar-refractivity contribution in [3.05, 3.63) is 84.9 Å². The summed E-state index contributed by atoms with van der Waals surface area (Å²) in [7, 11) is 0. The van der Waals surface area contributed by atoms with Gasteiger partial charge in [-0.3, -0.25) is 0 Å². The number of hydrogen-bond acceptors (Lipinski definition) is 4. The molecule has 1 atom stereocenters. The van der Waals surface area contributed by atoms with Gasteiger partial charge in [0, 0.05) is 6.92 Å². The van der Waals surface area contributed by atoms with Crippen LogP contribution >= 0.6 is 0 Å². The van der Waals surface area contributed by atoms with Crippen LogP contribution in [0.15, 0.2) is 84.9 Å². The first-order valence-electron chi connectivity index (χ1n) is 8.05. The third kappa shape index (κ3) is 4.13. The van der Waals surface area contributed by atoms with Gasteiger partial charge in [0.2, 0.25) is 0 Å². The van der Waals surface area contributed by atoms with E-state index in [9.17, 15) is 9.90 Å². The molecule has 0 bridgehead atoms. The average molecular weight is 350 g/mol. The minimum atomic E-state index is -1.92. The molecule has 0 amide bonds. The van der Waals surface area contributed by atoms with Gasteiger partial charge in [0.25, 0.3) is 0 Å². The van der Waals surface area contributed by atoms with E-state index in [1.165, 1.54) is 6.92 Å². The van der Waals surface area contributed by atoms with E-state index < -0.39 is 11.8 Å². The van der Waals surface area contributed by atoms with Crippen LogP contribution in [0.1, 0.15) is 6.92 Å². The lowest BCUT2D eigenvalue weighted by Crippen LogP contribution is -2.47. The fourth-order valence-electron chi connectivity index (χ4n) is 2.27. The standard InChI is InChI=1S/C21H18O5/c1-21(20(22)23,25-17-12-6-3-7-13-17)26-19-15-9-8-14-18(19)24-16-10-4-2-5-11-16/h2-15H,1H3,(H,22,23). The van der Waals surface area contributed by atoms with Crippen LogP contribution in [0.2, 0.25) is 0 Å². The van der Waals surface area contributed by atoms with Gasteiger partial charge >= 0.3 is 11.8 Å². The molecule has 1 N–H and O–H groups in total. The molecule has 0 spiro atoms. The summed E-state index contributed by atoms with van der Waals surface area (Å²) in [6.45, 7) is 1.35. The Bertz CT molecular complexity index is 864. The number of carbonyl (C=O) groups is 1. The second kappa shape index (κ2) is 7.61. The van der Waals surface area contributed by atoms with Crippen molar-refractivity contribution in [3.8, 4) is 23.0 Å². The van der Waals surface area contributed by atoms with E-state index in [-0.39, 0.29) is 5.75 Å². The Morgan fingerprint density at radius 1 is 0.731 bits per heavy atom. The Morgan fingerprint density at radius 3 is 1.81 bits per heavy atom. The number of aliphatic carboxylic acids is 1. The molecular weight excluding hydrogens is 332 g/mol. The molecule has 3 aromatic rings. The zero-order valence-electron chi connectivity index (χ0n) is 14.2. The van der Waals surface area contributed by atoms with Crippen LogP contribution in [0.5, 0.6) is 23.0 Å². The van der Waals surface area contributed by atoms with E-state index in [0.717, 1.165) is 0 Å². The first-order chi connectivity index (χ1) is 12.6. The zero-order chi connectivity index (χ0) is 18.4. The van der Waals surface area contributed by atoms with Gasteiger partial charge in [-0.2, -0.15) is 0 Å². The number of carboxylic acid groups (broad SMARTS) is 1. The number of rotatable bonds is 7. The van der Waals surface area contributed by atoms with Crippen LogP contribution in [-0.4, -0.2) is 16.9 Å². The molecule has 5 nitrogen and oxygen atoms in total. The molecule has 3 rings (SSSR count). The maximum absolute atomic E-state index is 11.8. The summed E-state index contributed by atoms with van der Waals surface area (Å²) in [5.41, 5.74) is 0. The molecule has 5 heteroatoms. The number of ether oxygens (including phenoxy) is 3. The lowest BCUT2D eigenvalue weighted by Gasteiger charge is -2.27. The van der Waals surface area contributed by atoms with Gasteiger partial charge in [0.1, 0.15) is 11.5 Å². The minimum absolute atomic E-state index is 0.261. The number of hydrogen-bond donors (Lipinski definition) is 1. The van der Waals surface area contributed by atoms with E-state index in [1.54, 1.807) is 60.7 Å². The Balaban J connectivity index is 1.87. The van der Waals surface area contributed by atoms with Gasteiger partial charge in [-0.05, 0) is 36.4 Å². The molecule has 132 valence electrons. The molecular formula is C21H18O5. The van der Waals surface area contributed by atoms with Crippen molar-refractivity contribution in [1.29, 1.82) is 0 Å². The largest absolute Gasteiger partial charge is 0.475 e. The maximum atomic E-state index is 11.8. The van der Waals surface area contributed by atoms with Crippen molar-refractivity contribution in [2.45, 2.75) is 12.7 Å². The molecule has 0 aromatic heterocycles. The van der Waals surface area contributed by atoms with Crippen molar-refractivity contribution >= 4 is 5.97 Å². The van der Waals surface area contributed by atoms with Crippen LogP contribution in [0.3, 0.4) is 0 Å². The second-order valence-electron chi connectivity index (χ2n) is 5.63. The van der Waals surface area contributed by atoms with E-state index in [2.05, 4.69) is 0 Å². The molecule has 0 saturated carbocycles. The summed E-state index contributed by atoms with van der Waals surface area (Å²) in [5.74, 6) is -1.52. The third-order valence-corrected chi connectivity index (χ3v) is 3.57.